The number of benzene rings is 1. The van der Waals surface area contributed by atoms with E-state index in [0.717, 1.165) is 18.7 Å². The molecule has 0 unspecified atom stereocenters. The minimum Gasteiger partial charge on any atom is -0.384 e. The summed E-state index contributed by atoms with van der Waals surface area (Å²) >= 11 is 0. The van der Waals surface area contributed by atoms with Gasteiger partial charge < -0.3 is 10.6 Å². The highest BCUT2D eigenvalue weighted by atomic mass is 15.1. The predicted molar refractivity (Wildman–Crippen MR) is 58.9 cm³/mol. The second kappa shape index (κ2) is 3.70. The van der Waals surface area contributed by atoms with Gasteiger partial charge in [0, 0.05) is 24.3 Å². The normalized spacial score (nSPS) is 15.9. The largest absolute Gasteiger partial charge is 0.384 e. The highest BCUT2D eigenvalue weighted by Gasteiger charge is 2.11. The lowest BCUT2D eigenvalue weighted by molar-refractivity contribution is 0.949. The number of rotatable bonds is 2. The number of nitrogens with zero attached hydrogens (tertiary/aromatic N) is 1. The van der Waals surface area contributed by atoms with Crippen molar-refractivity contribution in [1.29, 1.82) is 5.41 Å². The number of hydrogen-bond acceptors (Lipinski definition) is 2. The van der Waals surface area contributed by atoms with Crippen LogP contribution in [0, 0.1) is 5.41 Å². The molecule has 1 aromatic carbocycles. The van der Waals surface area contributed by atoms with E-state index in [1.54, 1.807) is 0 Å². The zero-order valence-electron chi connectivity index (χ0n) is 8.16. The summed E-state index contributed by atoms with van der Waals surface area (Å²) in [7, 11) is 0. The molecule has 1 aliphatic heterocycles. The molecule has 3 N–H and O–H groups in total. The van der Waals surface area contributed by atoms with Crippen molar-refractivity contribution >= 4 is 11.5 Å². The lowest BCUT2D eigenvalue weighted by Gasteiger charge is -2.17. The van der Waals surface area contributed by atoms with E-state index in [9.17, 15) is 0 Å². The standard InChI is InChI=1S/C11H15N3/c12-11(13)9-3-5-10(6-4-9)14-7-1-2-8-14/h3-6H,1-2,7-8H2,(H3,12,13). The first kappa shape index (κ1) is 9.06. The fourth-order valence-electron chi connectivity index (χ4n) is 1.83. The van der Waals surface area contributed by atoms with Gasteiger partial charge >= 0.3 is 0 Å². The van der Waals surface area contributed by atoms with Gasteiger partial charge in [-0.2, -0.15) is 0 Å². The highest BCUT2D eigenvalue weighted by Crippen LogP contribution is 2.20. The Balaban J connectivity index is 2.16. The van der Waals surface area contributed by atoms with Crippen molar-refractivity contribution in [3.05, 3.63) is 29.8 Å². The number of hydrogen-bond donors (Lipinski definition) is 2. The lowest BCUT2D eigenvalue weighted by atomic mass is 10.2. The Labute approximate surface area is 84.0 Å². The van der Waals surface area contributed by atoms with E-state index in [-0.39, 0.29) is 5.84 Å². The molecule has 2 rings (SSSR count). The third-order valence-corrected chi connectivity index (χ3v) is 2.65. The second-order valence-electron chi connectivity index (χ2n) is 3.65. The Morgan fingerprint density at radius 1 is 1.14 bits per heavy atom. The van der Waals surface area contributed by atoms with Crippen molar-refractivity contribution in [1.82, 2.24) is 0 Å². The summed E-state index contributed by atoms with van der Waals surface area (Å²) in [4.78, 5) is 2.36. The van der Waals surface area contributed by atoms with Crippen LogP contribution in [0.5, 0.6) is 0 Å². The average molecular weight is 189 g/mol. The van der Waals surface area contributed by atoms with Gasteiger partial charge in [0.05, 0.1) is 0 Å². The molecule has 1 fully saturated rings. The van der Waals surface area contributed by atoms with Crippen LogP contribution in [0.1, 0.15) is 18.4 Å². The van der Waals surface area contributed by atoms with E-state index in [1.165, 1.54) is 18.5 Å². The SMILES string of the molecule is N=C(N)c1ccc(N2CCCC2)cc1. The van der Waals surface area contributed by atoms with Crippen LogP contribution in [-0.2, 0) is 0 Å². The molecule has 1 heterocycles. The van der Waals surface area contributed by atoms with Gasteiger partial charge in [-0.15, -0.1) is 0 Å². The molecular formula is C11H15N3. The van der Waals surface area contributed by atoms with Crippen LogP contribution in [0.3, 0.4) is 0 Å². The van der Waals surface area contributed by atoms with Crippen LogP contribution in [0.4, 0.5) is 5.69 Å². The van der Waals surface area contributed by atoms with Crippen molar-refractivity contribution in [2.45, 2.75) is 12.8 Å². The van der Waals surface area contributed by atoms with Gasteiger partial charge in [0.25, 0.3) is 0 Å². The van der Waals surface area contributed by atoms with Crippen molar-refractivity contribution in [3.63, 3.8) is 0 Å². The number of nitrogen functional groups attached to an aromatic ring is 1. The highest BCUT2D eigenvalue weighted by molar-refractivity contribution is 5.95. The molecule has 1 aromatic rings. The van der Waals surface area contributed by atoms with Gasteiger partial charge in [-0.25, -0.2) is 0 Å². The van der Waals surface area contributed by atoms with Gasteiger partial charge in [0.15, 0.2) is 0 Å². The maximum Gasteiger partial charge on any atom is 0.122 e. The van der Waals surface area contributed by atoms with E-state index in [4.69, 9.17) is 11.1 Å². The van der Waals surface area contributed by atoms with Crippen LogP contribution in [-0.4, -0.2) is 18.9 Å². The first-order chi connectivity index (χ1) is 6.77. The third kappa shape index (κ3) is 1.71. The number of nitrogens with two attached hydrogens (primary N) is 1. The van der Waals surface area contributed by atoms with E-state index in [1.807, 2.05) is 24.3 Å². The van der Waals surface area contributed by atoms with Crippen LogP contribution in [0.25, 0.3) is 0 Å². The molecular weight excluding hydrogens is 174 g/mol. The first-order valence-electron chi connectivity index (χ1n) is 4.97. The third-order valence-electron chi connectivity index (χ3n) is 2.65. The number of nitrogens with one attached hydrogen (secondary N) is 1. The Bertz CT molecular complexity index is 323. The topological polar surface area (TPSA) is 53.1 Å². The minimum absolute atomic E-state index is 0.137. The summed E-state index contributed by atoms with van der Waals surface area (Å²) in [5.74, 6) is 0.137. The summed E-state index contributed by atoms with van der Waals surface area (Å²) in [6.07, 6.45) is 2.57. The van der Waals surface area contributed by atoms with Crippen molar-refractivity contribution in [2.75, 3.05) is 18.0 Å². The molecule has 0 bridgehead atoms. The van der Waals surface area contributed by atoms with Crippen molar-refractivity contribution in [2.24, 2.45) is 5.73 Å². The molecule has 0 aliphatic carbocycles. The maximum atomic E-state index is 7.28. The average Bonchev–Trinajstić information content (AvgIpc) is 2.71. The summed E-state index contributed by atoms with van der Waals surface area (Å²) < 4.78 is 0. The monoisotopic (exact) mass is 189 g/mol. The Morgan fingerprint density at radius 2 is 1.71 bits per heavy atom. The molecule has 0 spiro atoms. The molecule has 0 amide bonds. The molecule has 3 heteroatoms. The molecule has 0 aromatic heterocycles. The van der Waals surface area contributed by atoms with E-state index in [0.29, 0.717) is 0 Å². The zero-order valence-corrected chi connectivity index (χ0v) is 8.16. The summed E-state index contributed by atoms with van der Waals surface area (Å²) in [6.45, 7) is 2.30. The zero-order chi connectivity index (χ0) is 9.97. The van der Waals surface area contributed by atoms with Crippen molar-refractivity contribution < 1.29 is 0 Å². The molecule has 74 valence electrons. The van der Waals surface area contributed by atoms with E-state index >= 15 is 0 Å². The molecule has 0 saturated carbocycles. The summed E-state index contributed by atoms with van der Waals surface area (Å²) in [5.41, 5.74) is 7.43. The molecule has 1 aliphatic rings. The van der Waals surface area contributed by atoms with Gasteiger partial charge in [-0.05, 0) is 37.1 Å². The smallest absolute Gasteiger partial charge is 0.122 e. The van der Waals surface area contributed by atoms with Crippen LogP contribution < -0.4 is 10.6 Å². The first-order valence-corrected chi connectivity index (χ1v) is 4.97. The predicted octanol–water partition coefficient (Wildman–Crippen LogP) is 1.57. The van der Waals surface area contributed by atoms with Crippen molar-refractivity contribution in [3.8, 4) is 0 Å². The molecule has 3 nitrogen and oxygen atoms in total. The Morgan fingerprint density at radius 3 is 2.21 bits per heavy atom. The fraction of sp³-hybridized carbons (Fsp3) is 0.364. The summed E-state index contributed by atoms with van der Waals surface area (Å²) in [6, 6.07) is 7.91. The minimum atomic E-state index is 0.137. The maximum absolute atomic E-state index is 7.28. The molecule has 0 atom stereocenters. The molecule has 0 radical (unpaired) electrons. The van der Waals surface area contributed by atoms with Crippen LogP contribution in [0.15, 0.2) is 24.3 Å². The number of anilines is 1. The quantitative estimate of drug-likeness (QED) is 0.548. The lowest BCUT2D eigenvalue weighted by Crippen LogP contribution is -2.18. The second-order valence-corrected chi connectivity index (χ2v) is 3.65. The Hall–Kier alpha value is -1.51. The van der Waals surface area contributed by atoms with E-state index < -0.39 is 0 Å². The van der Waals surface area contributed by atoms with Gasteiger partial charge in [0.2, 0.25) is 0 Å². The van der Waals surface area contributed by atoms with Crippen LogP contribution >= 0.6 is 0 Å². The Kier molecular flexibility index (Phi) is 2.39. The number of amidine groups is 1. The van der Waals surface area contributed by atoms with Gasteiger partial charge in [0.1, 0.15) is 5.84 Å². The molecule has 1 saturated heterocycles. The van der Waals surface area contributed by atoms with Crippen LogP contribution in [0.2, 0.25) is 0 Å². The fourth-order valence-corrected chi connectivity index (χ4v) is 1.83. The van der Waals surface area contributed by atoms with Gasteiger partial charge in [-0.1, -0.05) is 0 Å². The molecule has 14 heavy (non-hydrogen) atoms. The summed E-state index contributed by atoms with van der Waals surface area (Å²) in [5, 5.41) is 7.28. The van der Waals surface area contributed by atoms with E-state index in [2.05, 4.69) is 4.90 Å². The van der Waals surface area contributed by atoms with Gasteiger partial charge in [-0.3, -0.25) is 5.41 Å².